The highest BCUT2D eigenvalue weighted by molar-refractivity contribution is 6.32. The maximum absolute atomic E-state index is 12.8. The van der Waals surface area contributed by atoms with Gasteiger partial charge in [-0.3, -0.25) is 4.57 Å². The summed E-state index contributed by atoms with van der Waals surface area (Å²) < 4.78 is 11.8. The number of aryl methyl sites for hydroxylation is 1. The molecule has 0 fully saturated rings. The predicted octanol–water partition coefficient (Wildman–Crippen LogP) is 5.75. The molecule has 0 aliphatic carbocycles. The van der Waals surface area contributed by atoms with Gasteiger partial charge in [0.2, 0.25) is 0 Å². The molecule has 3 aromatic carbocycles. The Hall–Kier alpha value is -3.90. The van der Waals surface area contributed by atoms with Crippen molar-refractivity contribution in [1.29, 1.82) is 0 Å². The summed E-state index contributed by atoms with van der Waals surface area (Å²) >= 11 is 6.59. The minimum atomic E-state index is -0.705. The molecule has 7 heteroatoms. The van der Waals surface area contributed by atoms with E-state index >= 15 is 0 Å². The normalized spacial score (nSPS) is 12.2. The molecule has 34 heavy (non-hydrogen) atoms. The smallest absolute Gasteiger partial charge is 0.422 e. The molecule has 0 bridgehead atoms. The van der Waals surface area contributed by atoms with Crippen LogP contribution in [0, 0.1) is 6.92 Å². The molecular weight excluding hydrogens is 452 g/mol. The lowest BCUT2D eigenvalue weighted by Crippen LogP contribution is -2.28. The van der Waals surface area contributed by atoms with Crippen molar-refractivity contribution in [1.82, 2.24) is 9.55 Å². The fourth-order valence-electron chi connectivity index (χ4n) is 4.39. The highest BCUT2D eigenvalue weighted by atomic mass is 35.5. The van der Waals surface area contributed by atoms with E-state index in [0.717, 1.165) is 38.9 Å². The van der Waals surface area contributed by atoms with Gasteiger partial charge in [0.05, 0.1) is 29.6 Å². The number of rotatable bonds is 4. The standard InChI is InChI=1S/C27H21ClN2O4/c1-15-12-20(16(2)30-24-7-5-4-6-19(24)26(31)34-27(30)32)22-14-21(25(28)29-23(22)13-15)17-8-10-18(33-3)11-9-17/h4-14,16H,1-3H3. The zero-order valence-electron chi connectivity index (χ0n) is 18.8. The minimum absolute atomic E-state index is 0.353. The molecule has 0 spiro atoms. The van der Waals surface area contributed by atoms with E-state index in [1.165, 1.54) is 4.57 Å². The summed E-state index contributed by atoms with van der Waals surface area (Å²) in [5.41, 5.74) is 4.11. The zero-order valence-corrected chi connectivity index (χ0v) is 19.6. The molecule has 0 saturated heterocycles. The van der Waals surface area contributed by atoms with E-state index < -0.39 is 17.4 Å². The average Bonchev–Trinajstić information content (AvgIpc) is 2.83. The largest absolute Gasteiger partial charge is 0.497 e. The number of hydrogen-bond donors (Lipinski definition) is 0. The number of fused-ring (bicyclic) bond motifs is 2. The van der Waals surface area contributed by atoms with Crippen LogP contribution >= 0.6 is 11.6 Å². The molecule has 2 aromatic heterocycles. The second kappa shape index (κ2) is 8.47. The van der Waals surface area contributed by atoms with E-state index in [-0.39, 0.29) is 0 Å². The lowest BCUT2D eigenvalue weighted by Gasteiger charge is -2.20. The lowest BCUT2D eigenvalue weighted by atomic mass is 9.96. The van der Waals surface area contributed by atoms with Crippen LogP contribution in [0.15, 0.2) is 80.7 Å². The van der Waals surface area contributed by atoms with E-state index in [1.807, 2.05) is 56.3 Å². The first-order valence-corrected chi connectivity index (χ1v) is 11.1. The SMILES string of the molecule is COc1ccc(-c2cc3c(C(C)n4c(=O)oc(=O)c5ccccc54)cc(C)cc3nc2Cl)cc1. The van der Waals surface area contributed by atoms with Gasteiger partial charge in [0, 0.05) is 10.9 Å². The summed E-state index contributed by atoms with van der Waals surface area (Å²) in [7, 11) is 1.62. The van der Waals surface area contributed by atoms with E-state index in [4.69, 9.17) is 20.8 Å². The van der Waals surface area contributed by atoms with Crippen LogP contribution in [0.2, 0.25) is 5.15 Å². The Balaban J connectivity index is 1.76. The fraction of sp³-hybridized carbons (Fsp3) is 0.148. The van der Waals surface area contributed by atoms with Crippen molar-refractivity contribution in [3.63, 3.8) is 0 Å². The summed E-state index contributed by atoms with van der Waals surface area (Å²) in [6, 6.07) is 20.1. The molecule has 0 aliphatic rings. The Kier molecular flexibility index (Phi) is 5.46. The van der Waals surface area contributed by atoms with Crippen molar-refractivity contribution in [2.24, 2.45) is 0 Å². The Morgan fingerprint density at radius 1 is 1.00 bits per heavy atom. The third-order valence-corrected chi connectivity index (χ3v) is 6.35. The van der Waals surface area contributed by atoms with Crippen LogP contribution in [0.4, 0.5) is 0 Å². The van der Waals surface area contributed by atoms with Gasteiger partial charge < -0.3 is 9.15 Å². The summed E-state index contributed by atoms with van der Waals surface area (Å²) in [6.07, 6.45) is 0. The zero-order chi connectivity index (χ0) is 24.0. The molecule has 0 N–H and O–H groups in total. The van der Waals surface area contributed by atoms with Gasteiger partial charge in [-0.1, -0.05) is 41.9 Å². The summed E-state index contributed by atoms with van der Waals surface area (Å²) in [4.78, 5) is 29.8. The average molecular weight is 473 g/mol. The van der Waals surface area contributed by atoms with E-state index in [2.05, 4.69) is 4.98 Å². The molecule has 170 valence electrons. The molecule has 6 nitrogen and oxygen atoms in total. The molecule has 1 atom stereocenters. The lowest BCUT2D eigenvalue weighted by molar-refractivity contribution is 0.406. The summed E-state index contributed by atoms with van der Waals surface area (Å²) in [6.45, 7) is 3.87. The number of benzene rings is 3. The Labute approximate surface area is 200 Å². The van der Waals surface area contributed by atoms with Crippen LogP contribution in [0.3, 0.4) is 0 Å². The summed E-state index contributed by atoms with van der Waals surface area (Å²) in [5, 5.41) is 1.59. The fourth-order valence-corrected chi connectivity index (χ4v) is 4.64. The van der Waals surface area contributed by atoms with E-state index in [0.29, 0.717) is 16.1 Å². The van der Waals surface area contributed by atoms with Crippen LogP contribution in [0.5, 0.6) is 5.75 Å². The monoisotopic (exact) mass is 472 g/mol. The van der Waals surface area contributed by atoms with Gasteiger partial charge in [-0.2, -0.15) is 0 Å². The second-order valence-corrected chi connectivity index (χ2v) is 8.55. The predicted molar refractivity (Wildman–Crippen MR) is 134 cm³/mol. The van der Waals surface area contributed by atoms with Crippen molar-refractivity contribution < 1.29 is 9.15 Å². The quantitative estimate of drug-likeness (QED) is 0.311. The molecule has 5 rings (SSSR count). The molecule has 0 radical (unpaired) electrons. The van der Waals surface area contributed by atoms with Crippen LogP contribution in [0.1, 0.15) is 24.1 Å². The summed E-state index contributed by atoms with van der Waals surface area (Å²) in [5.74, 6) is 0.0403. The Morgan fingerprint density at radius 2 is 1.74 bits per heavy atom. The molecule has 0 saturated carbocycles. The van der Waals surface area contributed by atoms with Crippen molar-refractivity contribution in [2.75, 3.05) is 7.11 Å². The second-order valence-electron chi connectivity index (χ2n) is 8.19. The number of para-hydroxylation sites is 1. The Bertz CT molecular complexity index is 1670. The molecule has 0 amide bonds. The van der Waals surface area contributed by atoms with Crippen molar-refractivity contribution in [3.8, 4) is 16.9 Å². The maximum Gasteiger partial charge on any atom is 0.422 e. The number of hydrogen-bond acceptors (Lipinski definition) is 5. The third-order valence-electron chi connectivity index (χ3n) is 6.06. The van der Waals surface area contributed by atoms with Gasteiger partial charge in [0.15, 0.2) is 0 Å². The Morgan fingerprint density at radius 3 is 2.47 bits per heavy atom. The van der Waals surface area contributed by atoms with E-state index in [9.17, 15) is 9.59 Å². The number of pyridine rings is 1. The van der Waals surface area contributed by atoms with Gasteiger partial charge >= 0.3 is 11.4 Å². The van der Waals surface area contributed by atoms with Crippen LogP contribution < -0.4 is 16.1 Å². The first kappa shape index (κ1) is 21.9. The number of aromatic nitrogens is 2. The molecule has 1 unspecified atom stereocenters. The van der Waals surface area contributed by atoms with Gasteiger partial charge in [0.25, 0.3) is 0 Å². The van der Waals surface area contributed by atoms with Crippen molar-refractivity contribution in [2.45, 2.75) is 19.9 Å². The number of methoxy groups -OCH3 is 1. The minimum Gasteiger partial charge on any atom is -0.497 e. The highest BCUT2D eigenvalue weighted by Gasteiger charge is 2.20. The maximum atomic E-state index is 12.8. The van der Waals surface area contributed by atoms with Gasteiger partial charge in [-0.25, -0.2) is 14.6 Å². The third kappa shape index (κ3) is 3.66. The van der Waals surface area contributed by atoms with Crippen LogP contribution in [-0.4, -0.2) is 16.7 Å². The molecular formula is C27H21ClN2O4. The first-order chi connectivity index (χ1) is 16.4. The number of halogens is 1. The van der Waals surface area contributed by atoms with Crippen LogP contribution in [0.25, 0.3) is 32.9 Å². The topological polar surface area (TPSA) is 74.3 Å². The number of ether oxygens (including phenoxy) is 1. The van der Waals surface area contributed by atoms with E-state index in [1.54, 1.807) is 31.4 Å². The van der Waals surface area contributed by atoms with Crippen LogP contribution in [-0.2, 0) is 0 Å². The van der Waals surface area contributed by atoms with Crippen molar-refractivity contribution >= 4 is 33.4 Å². The number of nitrogens with zero attached hydrogens (tertiary/aromatic N) is 2. The van der Waals surface area contributed by atoms with Gasteiger partial charge in [0.1, 0.15) is 10.9 Å². The molecule has 2 heterocycles. The van der Waals surface area contributed by atoms with Gasteiger partial charge in [-0.15, -0.1) is 0 Å². The molecule has 5 aromatic rings. The highest BCUT2D eigenvalue weighted by Crippen LogP contribution is 2.35. The van der Waals surface area contributed by atoms with Gasteiger partial charge in [-0.05, 0) is 66.9 Å². The van der Waals surface area contributed by atoms with Crippen molar-refractivity contribution in [3.05, 3.63) is 104 Å². The molecule has 0 aliphatic heterocycles. The first-order valence-electron chi connectivity index (χ1n) is 10.8.